The number of unbranched alkanes of at least 4 members (excludes halogenated alkanes) is 1. The number of likely N-dealkylation sites (tertiary alicyclic amines) is 1. The van der Waals surface area contributed by atoms with Crippen molar-refractivity contribution < 1.29 is 33.0 Å². The zero-order valence-corrected chi connectivity index (χ0v) is 27.1. The Morgan fingerprint density at radius 2 is 1.83 bits per heavy atom. The third-order valence-electron chi connectivity index (χ3n) is 8.31. The molecule has 0 saturated carbocycles. The molecule has 3 atom stereocenters. The lowest BCUT2D eigenvalue weighted by Gasteiger charge is -2.35. The van der Waals surface area contributed by atoms with E-state index in [9.17, 15) is 23.6 Å². The van der Waals surface area contributed by atoms with Crippen molar-refractivity contribution in [2.45, 2.75) is 71.4 Å². The summed E-state index contributed by atoms with van der Waals surface area (Å²) in [5, 5.41) is 5.69. The molecule has 0 spiro atoms. The van der Waals surface area contributed by atoms with Crippen LogP contribution in [-0.4, -0.2) is 84.9 Å². The zero-order valence-electron chi connectivity index (χ0n) is 27.1. The van der Waals surface area contributed by atoms with Gasteiger partial charge in [0.15, 0.2) is 0 Å². The summed E-state index contributed by atoms with van der Waals surface area (Å²) >= 11 is 0. The molecule has 2 aromatic carbocycles. The van der Waals surface area contributed by atoms with Gasteiger partial charge in [0.1, 0.15) is 36.0 Å². The second-order valence-electron chi connectivity index (χ2n) is 12.6. The quantitative estimate of drug-likeness (QED) is 0.426. The van der Waals surface area contributed by atoms with Crippen LogP contribution in [0.5, 0.6) is 11.5 Å². The van der Waals surface area contributed by atoms with Gasteiger partial charge in [0, 0.05) is 25.6 Å². The maximum atomic E-state index is 14.0. The van der Waals surface area contributed by atoms with Crippen LogP contribution in [0.4, 0.5) is 4.39 Å². The molecule has 0 aromatic heterocycles. The Kier molecular flexibility index (Phi) is 12.8. The number of carbonyl (C=O) groups is 4. The molecule has 0 bridgehead atoms. The highest BCUT2D eigenvalue weighted by Gasteiger charge is 2.34. The van der Waals surface area contributed by atoms with Gasteiger partial charge in [-0.1, -0.05) is 39.3 Å². The van der Waals surface area contributed by atoms with E-state index in [4.69, 9.17) is 9.47 Å². The summed E-state index contributed by atoms with van der Waals surface area (Å²) in [6, 6.07) is 10.6. The molecule has 4 rings (SSSR count). The fraction of sp³-hybridized carbons (Fsp3) is 0.543. The van der Waals surface area contributed by atoms with Crippen molar-refractivity contribution in [1.82, 2.24) is 20.4 Å². The van der Waals surface area contributed by atoms with Gasteiger partial charge in [0.2, 0.25) is 17.7 Å². The fourth-order valence-electron chi connectivity index (χ4n) is 5.88. The van der Waals surface area contributed by atoms with Crippen molar-refractivity contribution in [2.75, 3.05) is 39.4 Å². The van der Waals surface area contributed by atoms with Gasteiger partial charge in [-0.25, -0.2) is 4.39 Å². The molecule has 4 amide bonds. The van der Waals surface area contributed by atoms with Crippen LogP contribution in [0.25, 0.3) is 0 Å². The predicted molar refractivity (Wildman–Crippen MR) is 172 cm³/mol. The Morgan fingerprint density at radius 1 is 1.07 bits per heavy atom. The van der Waals surface area contributed by atoms with Crippen molar-refractivity contribution >= 4 is 23.6 Å². The first kappa shape index (κ1) is 34.7. The number of piperidine rings is 1. The van der Waals surface area contributed by atoms with Gasteiger partial charge in [0.05, 0.1) is 25.1 Å². The van der Waals surface area contributed by atoms with Gasteiger partial charge in [-0.15, -0.1) is 0 Å². The molecule has 2 aliphatic heterocycles. The normalized spacial score (nSPS) is 21.5. The first-order valence-electron chi connectivity index (χ1n) is 16.4. The minimum absolute atomic E-state index is 0.0158. The molecular formula is C35H47FN4O6. The molecule has 250 valence electrons. The second-order valence-corrected chi connectivity index (χ2v) is 12.6. The van der Waals surface area contributed by atoms with Gasteiger partial charge in [0.25, 0.3) is 5.91 Å². The summed E-state index contributed by atoms with van der Waals surface area (Å²) in [5.41, 5.74) is 0.242. The largest absolute Gasteiger partial charge is 0.493 e. The molecule has 2 aliphatic rings. The number of amides is 4. The molecule has 2 N–H and O–H groups in total. The molecule has 0 aliphatic carbocycles. The van der Waals surface area contributed by atoms with E-state index in [1.165, 1.54) is 12.1 Å². The van der Waals surface area contributed by atoms with Gasteiger partial charge >= 0.3 is 0 Å². The molecule has 2 aromatic rings. The maximum Gasteiger partial charge on any atom is 0.255 e. The van der Waals surface area contributed by atoms with Crippen LogP contribution in [0.15, 0.2) is 48.5 Å². The average Bonchev–Trinajstić information content (AvgIpc) is 3.04. The van der Waals surface area contributed by atoms with Gasteiger partial charge < -0.3 is 29.9 Å². The Hall–Kier alpha value is -4.15. The van der Waals surface area contributed by atoms with E-state index in [-0.39, 0.29) is 48.1 Å². The van der Waals surface area contributed by atoms with E-state index in [1.54, 1.807) is 46.2 Å². The molecule has 11 heteroatoms. The van der Waals surface area contributed by atoms with E-state index in [0.717, 1.165) is 25.7 Å². The number of hydrogen-bond donors (Lipinski definition) is 2. The lowest BCUT2D eigenvalue weighted by atomic mass is 9.97. The lowest BCUT2D eigenvalue weighted by molar-refractivity contribution is -0.139. The van der Waals surface area contributed by atoms with E-state index in [2.05, 4.69) is 10.6 Å². The summed E-state index contributed by atoms with van der Waals surface area (Å²) in [6.07, 6.45) is 3.37. The second kappa shape index (κ2) is 17.0. The number of nitrogens with one attached hydrogen (secondary N) is 2. The smallest absolute Gasteiger partial charge is 0.255 e. The SMILES string of the molecule is CCCCN1CCOc2ccccc2C(=O)N[C@H](C(=O)N2CCCC(COc3ccc(F)cc3)C2)CC(=O)N[C@@H](CC(C)C)C1=O. The van der Waals surface area contributed by atoms with Crippen molar-refractivity contribution in [3.63, 3.8) is 0 Å². The van der Waals surface area contributed by atoms with E-state index in [1.807, 2.05) is 20.8 Å². The van der Waals surface area contributed by atoms with Gasteiger partial charge in [-0.05, 0) is 68.0 Å². The van der Waals surface area contributed by atoms with Crippen molar-refractivity contribution in [3.05, 3.63) is 59.9 Å². The highest BCUT2D eigenvalue weighted by molar-refractivity contribution is 6.01. The Bertz CT molecular complexity index is 1340. The standard InChI is InChI=1S/C35H47FN4O6/c1-4-5-16-39-18-19-45-31-11-7-6-10-28(31)33(42)38-30(21-32(41)37-29(34(39)43)20-24(2)3)35(44)40-17-8-9-25(22-40)23-46-27-14-12-26(36)13-15-27/h6-7,10-15,24-25,29-30H,4-5,8-9,16-23H2,1-3H3,(H,37,41)(H,38,42)/t25?,29-,30-/m0/s1. The minimum atomic E-state index is -1.16. The Balaban J connectivity index is 1.56. The van der Waals surface area contributed by atoms with Crippen LogP contribution in [0.1, 0.15) is 69.7 Å². The topological polar surface area (TPSA) is 117 Å². The third-order valence-corrected chi connectivity index (χ3v) is 8.31. The molecule has 1 fully saturated rings. The number of nitrogens with zero attached hydrogens (tertiary/aromatic N) is 2. The summed E-state index contributed by atoms with van der Waals surface area (Å²) in [4.78, 5) is 58.3. The summed E-state index contributed by atoms with van der Waals surface area (Å²) < 4.78 is 25.2. The van der Waals surface area contributed by atoms with E-state index < -0.39 is 23.9 Å². The lowest BCUT2D eigenvalue weighted by Crippen LogP contribution is -2.55. The monoisotopic (exact) mass is 638 g/mol. The van der Waals surface area contributed by atoms with Crippen LogP contribution in [0.3, 0.4) is 0 Å². The molecule has 2 heterocycles. The molecule has 46 heavy (non-hydrogen) atoms. The number of carbonyl (C=O) groups excluding carboxylic acids is 4. The fourth-order valence-corrected chi connectivity index (χ4v) is 5.88. The minimum Gasteiger partial charge on any atom is -0.493 e. The van der Waals surface area contributed by atoms with Crippen molar-refractivity contribution in [3.8, 4) is 11.5 Å². The van der Waals surface area contributed by atoms with E-state index in [0.29, 0.717) is 50.7 Å². The average molecular weight is 639 g/mol. The van der Waals surface area contributed by atoms with Crippen LogP contribution >= 0.6 is 0 Å². The first-order chi connectivity index (χ1) is 22.1. The Labute approximate surface area is 271 Å². The van der Waals surface area contributed by atoms with Crippen LogP contribution in [-0.2, 0) is 14.4 Å². The van der Waals surface area contributed by atoms with Crippen molar-refractivity contribution in [1.29, 1.82) is 0 Å². The van der Waals surface area contributed by atoms with Crippen LogP contribution in [0.2, 0.25) is 0 Å². The number of benzene rings is 2. The van der Waals surface area contributed by atoms with Crippen molar-refractivity contribution in [2.24, 2.45) is 11.8 Å². The van der Waals surface area contributed by atoms with E-state index >= 15 is 0 Å². The molecule has 10 nitrogen and oxygen atoms in total. The predicted octanol–water partition coefficient (Wildman–Crippen LogP) is 4.18. The molecular weight excluding hydrogens is 591 g/mol. The van der Waals surface area contributed by atoms with Gasteiger partial charge in [-0.2, -0.15) is 0 Å². The number of fused-ring (bicyclic) bond motifs is 1. The zero-order chi connectivity index (χ0) is 33.1. The number of halogens is 1. The number of ether oxygens (including phenoxy) is 2. The number of para-hydroxylation sites is 1. The summed E-state index contributed by atoms with van der Waals surface area (Å²) in [7, 11) is 0. The highest BCUT2D eigenvalue weighted by atomic mass is 19.1. The van der Waals surface area contributed by atoms with Crippen LogP contribution < -0.4 is 20.1 Å². The highest BCUT2D eigenvalue weighted by Crippen LogP contribution is 2.22. The Morgan fingerprint density at radius 3 is 2.57 bits per heavy atom. The molecule has 1 saturated heterocycles. The van der Waals surface area contributed by atoms with Crippen LogP contribution in [0, 0.1) is 17.7 Å². The molecule has 0 radical (unpaired) electrons. The third kappa shape index (κ3) is 9.92. The summed E-state index contributed by atoms with van der Waals surface area (Å²) in [6.45, 7) is 8.21. The first-order valence-corrected chi connectivity index (χ1v) is 16.4. The number of hydrogen-bond acceptors (Lipinski definition) is 6. The maximum absolute atomic E-state index is 14.0. The summed E-state index contributed by atoms with van der Waals surface area (Å²) in [5.74, 6) is -0.893. The molecule has 1 unspecified atom stereocenters. The number of rotatable bonds is 9. The van der Waals surface area contributed by atoms with Gasteiger partial charge in [-0.3, -0.25) is 19.2 Å².